The minimum Gasteiger partial charge on any atom is -0.355 e. The molecule has 1 aliphatic carbocycles. The van der Waals surface area contributed by atoms with Crippen LogP contribution in [0.25, 0.3) is 17.1 Å². The molecule has 4 rings (SSSR count). The van der Waals surface area contributed by atoms with Crippen LogP contribution in [0.2, 0.25) is 0 Å². The van der Waals surface area contributed by atoms with Crippen molar-refractivity contribution in [2.75, 3.05) is 12.3 Å². The molecule has 0 unspecified atom stereocenters. The zero-order valence-electron chi connectivity index (χ0n) is 16.5. The average molecular weight is 407 g/mol. The topological polar surface area (TPSA) is 59.8 Å². The smallest absolute Gasteiger partial charge is 0.230 e. The first-order valence-corrected chi connectivity index (χ1v) is 11.3. The molecule has 1 heterocycles. The lowest BCUT2D eigenvalue weighted by atomic mass is 9.89. The van der Waals surface area contributed by atoms with Crippen molar-refractivity contribution in [1.82, 2.24) is 20.1 Å². The van der Waals surface area contributed by atoms with Crippen molar-refractivity contribution < 1.29 is 4.79 Å². The highest BCUT2D eigenvalue weighted by molar-refractivity contribution is 7.99. The summed E-state index contributed by atoms with van der Waals surface area (Å²) in [7, 11) is 0. The van der Waals surface area contributed by atoms with Crippen LogP contribution in [0.3, 0.4) is 0 Å². The first kappa shape index (κ1) is 19.7. The number of thioether (sulfide) groups is 1. The number of para-hydroxylation sites is 1. The molecule has 0 radical (unpaired) electrons. The lowest BCUT2D eigenvalue weighted by molar-refractivity contribution is -0.118. The van der Waals surface area contributed by atoms with Crippen LogP contribution in [0.5, 0.6) is 0 Å². The van der Waals surface area contributed by atoms with Gasteiger partial charge in [0.2, 0.25) is 5.91 Å². The van der Waals surface area contributed by atoms with E-state index in [9.17, 15) is 4.79 Å². The van der Waals surface area contributed by atoms with E-state index in [2.05, 4.69) is 15.5 Å². The number of hydrogen-bond donors (Lipinski definition) is 1. The minimum absolute atomic E-state index is 0.0597. The van der Waals surface area contributed by atoms with Crippen molar-refractivity contribution in [3.8, 4) is 17.1 Å². The van der Waals surface area contributed by atoms with E-state index >= 15 is 0 Å². The molecular formula is C23H26N4OS. The van der Waals surface area contributed by atoms with E-state index in [0.29, 0.717) is 11.7 Å². The molecule has 5 nitrogen and oxygen atoms in total. The molecule has 150 valence electrons. The maximum Gasteiger partial charge on any atom is 0.230 e. The van der Waals surface area contributed by atoms with E-state index in [4.69, 9.17) is 0 Å². The van der Waals surface area contributed by atoms with Gasteiger partial charge in [0.1, 0.15) is 0 Å². The summed E-state index contributed by atoms with van der Waals surface area (Å²) >= 11 is 1.43. The monoisotopic (exact) mass is 406 g/mol. The molecule has 0 saturated heterocycles. The van der Waals surface area contributed by atoms with E-state index < -0.39 is 0 Å². The molecule has 0 atom stereocenters. The second-order valence-corrected chi connectivity index (χ2v) is 8.38. The molecule has 1 aliphatic rings. The highest BCUT2D eigenvalue weighted by Gasteiger charge is 2.18. The van der Waals surface area contributed by atoms with Crippen molar-refractivity contribution >= 4 is 17.7 Å². The van der Waals surface area contributed by atoms with Gasteiger partial charge in [0.05, 0.1) is 5.75 Å². The number of hydrogen-bond acceptors (Lipinski definition) is 4. The fraction of sp³-hybridized carbons (Fsp3) is 0.348. The lowest BCUT2D eigenvalue weighted by Gasteiger charge is -2.21. The number of benzene rings is 2. The van der Waals surface area contributed by atoms with Gasteiger partial charge in [0.15, 0.2) is 11.0 Å². The summed E-state index contributed by atoms with van der Waals surface area (Å²) in [5.41, 5.74) is 1.99. The number of nitrogens with one attached hydrogen (secondary N) is 1. The van der Waals surface area contributed by atoms with Gasteiger partial charge in [-0.15, -0.1) is 10.2 Å². The van der Waals surface area contributed by atoms with Gasteiger partial charge in [0, 0.05) is 17.8 Å². The highest BCUT2D eigenvalue weighted by atomic mass is 32.2. The van der Waals surface area contributed by atoms with Crippen molar-refractivity contribution in [2.45, 2.75) is 37.3 Å². The summed E-state index contributed by atoms with van der Waals surface area (Å²) in [6, 6.07) is 20.1. The number of amides is 1. The second-order valence-electron chi connectivity index (χ2n) is 7.44. The Hall–Kier alpha value is -2.60. The van der Waals surface area contributed by atoms with Gasteiger partial charge < -0.3 is 5.32 Å². The van der Waals surface area contributed by atoms with Crippen LogP contribution in [0, 0.1) is 5.92 Å². The van der Waals surface area contributed by atoms with Gasteiger partial charge in [-0.25, -0.2) is 0 Å². The summed E-state index contributed by atoms with van der Waals surface area (Å²) in [5.74, 6) is 1.81. The Balaban J connectivity index is 1.47. The Morgan fingerprint density at radius 3 is 2.38 bits per heavy atom. The standard InChI is InChI=1S/C23H26N4OS/c28-21(24-16-18-10-4-1-5-11-18)17-29-23-26-25-22(19-12-6-2-7-13-19)27(23)20-14-8-3-9-15-20/h2-3,6-9,12-15,18H,1,4-5,10-11,16-17H2,(H,24,28). The average Bonchev–Trinajstić information content (AvgIpc) is 3.22. The summed E-state index contributed by atoms with van der Waals surface area (Å²) in [5, 5.41) is 12.6. The van der Waals surface area contributed by atoms with E-state index in [1.54, 1.807) is 0 Å². The third-order valence-electron chi connectivity index (χ3n) is 5.32. The Morgan fingerprint density at radius 2 is 1.66 bits per heavy atom. The summed E-state index contributed by atoms with van der Waals surface area (Å²) < 4.78 is 2.02. The summed E-state index contributed by atoms with van der Waals surface area (Å²) in [6.45, 7) is 0.792. The molecule has 0 spiro atoms. The number of carbonyl (C=O) groups excluding carboxylic acids is 1. The molecule has 3 aromatic rings. The van der Waals surface area contributed by atoms with Crippen LogP contribution >= 0.6 is 11.8 Å². The Morgan fingerprint density at radius 1 is 0.966 bits per heavy atom. The quantitative estimate of drug-likeness (QED) is 0.577. The van der Waals surface area contributed by atoms with E-state index in [-0.39, 0.29) is 5.91 Å². The molecule has 6 heteroatoms. The molecule has 1 saturated carbocycles. The maximum atomic E-state index is 12.4. The largest absolute Gasteiger partial charge is 0.355 e. The third kappa shape index (κ3) is 5.07. The van der Waals surface area contributed by atoms with Gasteiger partial charge in [0.25, 0.3) is 0 Å². The maximum absolute atomic E-state index is 12.4. The SMILES string of the molecule is O=C(CSc1nnc(-c2ccccc2)n1-c1ccccc1)NCC1CCCCC1. The number of carbonyl (C=O) groups is 1. The number of nitrogens with zero attached hydrogens (tertiary/aromatic N) is 3. The van der Waals surface area contributed by atoms with Crippen molar-refractivity contribution in [2.24, 2.45) is 5.92 Å². The van der Waals surface area contributed by atoms with E-state index in [1.165, 1.54) is 43.9 Å². The molecule has 1 amide bonds. The van der Waals surface area contributed by atoms with Gasteiger partial charge in [-0.3, -0.25) is 9.36 Å². The normalized spacial score (nSPS) is 14.6. The molecular weight excluding hydrogens is 380 g/mol. The first-order valence-electron chi connectivity index (χ1n) is 10.3. The van der Waals surface area contributed by atoms with Gasteiger partial charge in [-0.05, 0) is 30.9 Å². The van der Waals surface area contributed by atoms with Crippen molar-refractivity contribution in [3.63, 3.8) is 0 Å². The predicted molar refractivity (Wildman–Crippen MR) is 117 cm³/mol. The fourth-order valence-electron chi connectivity index (χ4n) is 3.78. The fourth-order valence-corrected chi connectivity index (χ4v) is 4.56. The minimum atomic E-state index is 0.0597. The van der Waals surface area contributed by atoms with Gasteiger partial charge in [-0.2, -0.15) is 0 Å². The third-order valence-corrected chi connectivity index (χ3v) is 6.25. The van der Waals surface area contributed by atoms with E-state index in [0.717, 1.165) is 28.8 Å². The molecule has 0 bridgehead atoms. The summed E-state index contributed by atoms with van der Waals surface area (Å²) in [4.78, 5) is 12.4. The predicted octanol–water partition coefficient (Wildman–Crippen LogP) is 4.72. The zero-order chi connectivity index (χ0) is 19.9. The van der Waals surface area contributed by atoms with E-state index in [1.807, 2.05) is 65.2 Å². The van der Waals surface area contributed by atoms with Crippen LogP contribution < -0.4 is 5.32 Å². The van der Waals surface area contributed by atoms with Crippen molar-refractivity contribution in [1.29, 1.82) is 0 Å². The van der Waals surface area contributed by atoms with Crippen LogP contribution in [0.1, 0.15) is 32.1 Å². The van der Waals surface area contributed by atoms with Crippen LogP contribution in [0.15, 0.2) is 65.8 Å². The Labute approximate surface area is 175 Å². The summed E-state index contributed by atoms with van der Waals surface area (Å²) in [6.07, 6.45) is 6.38. The van der Waals surface area contributed by atoms with Crippen LogP contribution in [-0.2, 0) is 4.79 Å². The number of rotatable bonds is 7. The molecule has 1 aromatic heterocycles. The molecule has 1 fully saturated rings. The molecule has 2 aromatic carbocycles. The Kier molecular flexibility index (Phi) is 6.62. The van der Waals surface area contributed by atoms with Crippen LogP contribution in [-0.4, -0.2) is 33.0 Å². The number of aromatic nitrogens is 3. The highest BCUT2D eigenvalue weighted by Crippen LogP contribution is 2.28. The van der Waals surface area contributed by atoms with Crippen molar-refractivity contribution in [3.05, 3.63) is 60.7 Å². The zero-order valence-corrected chi connectivity index (χ0v) is 17.3. The first-order chi connectivity index (χ1) is 14.3. The second kappa shape index (κ2) is 9.74. The molecule has 29 heavy (non-hydrogen) atoms. The molecule has 0 aliphatic heterocycles. The molecule has 1 N–H and O–H groups in total. The lowest BCUT2D eigenvalue weighted by Crippen LogP contribution is -2.31. The van der Waals surface area contributed by atoms with Crippen LogP contribution in [0.4, 0.5) is 0 Å². The van der Waals surface area contributed by atoms with Gasteiger partial charge in [-0.1, -0.05) is 79.6 Å². The van der Waals surface area contributed by atoms with Gasteiger partial charge >= 0.3 is 0 Å². The Bertz CT molecular complexity index is 921.